The molecule has 2 N–H and O–H groups in total. The quantitative estimate of drug-likeness (QED) is 0.739. The second-order valence-corrected chi connectivity index (χ2v) is 7.60. The maximum atomic E-state index is 12.9. The molecule has 3 aromatic rings. The topological polar surface area (TPSA) is 90.9 Å². The maximum absolute atomic E-state index is 12.9. The standard InChI is InChI=1S/C17H18N4O2S/c1-11-4-9-16(10-12(11)2)24(22,23)17-13(3)21(20-19-17)15-7-5-14(18)6-8-15/h4-10H,18H2,1-3H3. The van der Waals surface area contributed by atoms with Crippen molar-refractivity contribution in [1.29, 1.82) is 0 Å². The van der Waals surface area contributed by atoms with E-state index >= 15 is 0 Å². The van der Waals surface area contributed by atoms with Crippen LogP contribution in [0.5, 0.6) is 0 Å². The van der Waals surface area contributed by atoms with Crippen molar-refractivity contribution in [3.05, 3.63) is 59.3 Å². The van der Waals surface area contributed by atoms with Crippen LogP contribution in [0.4, 0.5) is 5.69 Å². The Morgan fingerprint density at radius 2 is 1.62 bits per heavy atom. The summed E-state index contributed by atoms with van der Waals surface area (Å²) in [5, 5.41) is 7.86. The van der Waals surface area contributed by atoms with E-state index in [0.29, 0.717) is 17.1 Å². The summed E-state index contributed by atoms with van der Waals surface area (Å²) >= 11 is 0. The average molecular weight is 342 g/mol. The summed E-state index contributed by atoms with van der Waals surface area (Å²) in [6, 6.07) is 12.0. The van der Waals surface area contributed by atoms with Crippen LogP contribution < -0.4 is 5.73 Å². The molecule has 0 saturated carbocycles. The fourth-order valence-electron chi connectivity index (χ4n) is 2.42. The lowest BCUT2D eigenvalue weighted by atomic mass is 10.1. The smallest absolute Gasteiger partial charge is 0.227 e. The van der Waals surface area contributed by atoms with Crippen molar-refractivity contribution in [2.75, 3.05) is 5.73 Å². The number of rotatable bonds is 3. The lowest BCUT2D eigenvalue weighted by molar-refractivity contribution is 0.591. The summed E-state index contributed by atoms with van der Waals surface area (Å²) < 4.78 is 27.3. The van der Waals surface area contributed by atoms with Crippen molar-refractivity contribution >= 4 is 15.5 Å². The first-order valence-electron chi connectivity index (χ1n) is 7.41. The lowest BCUT2D eigenvalue weighted by Gasteiger charge is -2.07. The predicted molar refractivity (Wildman–Crippen MR) is 91.9 cm³/mol. The first-order valence-corrected chi connectivity index (χ1v) is 8.89. The van der Waals surface area contributed by atoms with E-state index in [0.717, 1.165) is 11.1 Å². The highest BCUT2D eigenvalue weighted by atomic mass is 32.2. The van der Waals surface area contributed by atoms with Crippen LogP contribution in [-0.4, -0.2) is 23.4 Å². The maximum Gasteiger partial charge on any atom is 0.227 e. The van der Waals surface area contributed by atoms with Crippen molar-refractivity contribution in [2.24, 2.45) is 0 Å². The number of sulfone groups is 1. The minimum Gasteiger partial charge on any atom is -0.399 e. The van der Waals surface area contributed by atoms with Crippen molar-refractivity contribution in [3.63, 3.8) is 0 Å². The molecule has 24 heavy (non-hydrogen) atoms. The second kappa shape index (κ2) is 5.76. The van der Waals surface area contributed by atoms with E-state index in [-0.39, 0.29) is 9.92 Å². The number of benzene rings is 2. The number of hydrogen-bond acceptors (Lipinski definition) is 5. The zero-order chi connectivity index (χ0) is 17.5. The summed E-state index contributed by atoms with van der Waals surface area (Å²) in [4.78, 5) is 0.220. The Balaban J connectivity index is 2.09. The van der Waals surface area contributed by atoms with Crippen LogP contribution in [0.3, 0.4) is 0 Å². The van der Waals surface area contributed by atoms with E-state index in [1.807, 2.05) is 13.8 Å². The zero-order valence-electron chi connectivity index (χ0n) is 13.7. The van der Waals surface area contributed by atoms with Crippen molar-refractivity contribution in [2.45, 2.75) is 30.7 Å². The molecule has 0 bridgehead atoms. The molecule has 0 aliphatic rings. The number of nitrogens with two attached hydrogens (primary N) is 1. The van der Waals surface area contributed by atoms with Gasteiger partial charge < -0.3 is 5.73 Å². The molecule has 1 aromatic heterocycles. The van der Waals surface area contributed by atoms with E-state index < -0.39 is 9.84 Å². The minimum atomic E-state index is -3.72. The molecule has 6 nitrogen and oxygen atoms in total. The molecule has 0 fully saturated rings. The third-order valence-corrected chi connectivity index (χ3v) is 5.79. The summed E-state index contributed by atoms with van der Waals surface area (Å²) in [7, 11) is -3.72. The Morgan fingerprint density at radius 3 is 2.25 bits per heavy atom. The number of aromatic nitrogens is 3. The van der Waals surface area contributed by atoms with Gasteiger partial charge in [0.1, 0.15) is 0 Å². The van der Waals surface area contributed by atoms with Gasteiger partial charge in [-0.3, -0.25) is 0 Å². The molecule has 7 heteroatoms. The van der Waals surface area contributed by atoms with E-state index in [9.17, 15) is 8.42 Å². The van der Waals surface area contributed by atoms with Gasteiger partial charge in [0.05, 0.1) is 16.3 Å². The van der Waals surface area contributed by atoms with Gasteiger partial charge in [-0.25, -0.2) is 13.1 Å². The Hall–Kier alpha value is -2.67. The number of nitrogen functional groups attached to an aromatic ring is 1. The number of hydrogen-bond donors (Lipinski definition) is 1. The van der Waals surface area contributed by atoms with Crippen LogP contribution in [0.25, 0.3) is 5.69 Å². The Labute approximate surface area is 140 Å². The first-order chi connectivity index (χ1) is 11.3. The first kappa shape index (κ1) is 16.2. The van der Waals surface area contributed by atoms with Crippen LogP contribution in [0.2, 0.25) is 0 Å². The summed E-state index contributed by atoms with van der Waals surface area (Å²) in [5.41, 5.74) is 9.42. The van der Waals surface area contributed by atoms with Crippen LogP contribution in [0.15, 0.2) is 52.4 Å². The number of aryl methyl sites for hydroxylation is 2. The molecular formula is C17H18N4O2S. The molecule has 0 aliphatic carbocycles. The van der Waals surface area contributed by atoms with Crippen LogP contribution in [0, 0.1) is 20.8 Å². The van der Waals surface area contributed by atoms with E-state index in [4.69, 9.17) is 5.73 Å². The second-order valence-electron chi connectivity index (χ2n) is 5.73. The highest BCUT2D eigenvalue weighted by molar-refractivity contribution is 7.91. The third-order valence-electron chi connectivity index (χ3n) is 4.03. The Kier molecular flexibility index (Phi) is 3.88. The monoisotopic (exact) mass is 342 g/mol. The number of nitrogens with zero attached hydrogens (tertiary/aromatic N) is 3. The van der Waals surface area contributed by atoms with E-state index in [2.05, 4.69) is 10.3 Å². The van der Waals surface area contributed by atoms with Gasteiger partial charge in [-0.2, -0.15) is 0 Å². The predicted octanol–water partition coefficient (Wildman–Crippen LogP) is 2.61. The molecule has 0 aliphatic heterocycles. The van der Waals surface area contributed by atoms with Crippen LogP contribution in [-0.2, 0) is 9.84 Å². The van der Waals surface area contributed by atoms with Gasteiger partial charge in [0.15, 0.2) is 0 Å². The molecule has 0 spiro atoms. The van der Waals surface area contributed by atoms with Gasteiger partial charge in [0.25, 0.3) is 0 Å². The molecule has 0 saturated heterocycles. The average Bonchev–Trinajstić information content (AvgIpc) is 2.93. The van der Waals surface area contributed by atoms with Crippen LogP contribution in [0.1, 0.15) is 16.8 Å². The van der Waals surface area contributed by atoms with E-state index in [1.54, 1.807) is 49.4 Å². The van der Waals surface area contributed by atoms with Crippen molar-refractivity contribution in [1.82, 2.24) is 15.0 Å². The largest absolute Gasteiger partial charge is 0.399 e. The molecule has 3 rings (SSSR count). The van der Waals surface area contributed by atoms with Gasteiger partial charge in [0.2, 0.25) is 14.9 Å². The van der Waals surface area contributed by atoms with Gasteiger partial charge in [-0.05, 0) is 68.3 Å². The lowest BCUT2D eigenvalue weighted by Crippen LogP contribution is -2.06. The molecule has 0 unspecified atom stereocenters. The summed E-state index contributed by atoms with van der Waals surface area (Å²) in [6.07, 6.45) is 0. The van der Waals surface area contributed by atoms with Crippen molar-refractivity contribution in [3.8, 4) is 5.69 Å². The van der Waals surface area contributed by atoms with Crippen molar-refractivity contribution < 1.29 is 8.42 Å². The van der Waals surface area contributed by atoms with E-state index in [1.165, 1.54) is 4.68 Å². The molecule has 2 aromatic carbocycles. The minimum absolute atomic E-state index is 0.0393. The van der Waals surface area contributed by atoms with Gasteiger partial charge in [0, 0.05) is 5.69 Å². The molecule has 1 heterocycles. The van der Waals surface area contributed by atoms with Gasteiger partial charge in [-0.15, -0.1) is 5.10 Å². The normalized spacial score (nSPS) is 11.6. The fraction of sp³-hybridized carbons (Fsp3) is 0.176. The summed E-state index contributed by atoms with van der Waals surface area (Å²) in [6.45, 7) is 5.51. The summed E-state index contributed by atoms with van der Waals surface area (Å²) in [5.74, 6) is 0. The SMILES string of the molecule is Cc1ccc(S(=O)(=O)c2nnn(-c3ccc(N)cc3)c2C)cc1C. The fourth-order valence-corrected chi connectivity index (χ4v) is 3.84. The zero-order valence-corrected chi connectivity index (χ0v) is 14.5. The molecule has 124 valence electrons. The molecule has 0 amide bonds. The molecule has 0 atom stereocenters. The number of anilines is 1. The Morgan fingerprint density at radius 1 is 0.958 bits per heavy atom. The molecule has 0 radical (unpaired) electrons. The van der Waals surface area contributed by atoms with Gasteiger partial charge >= 0.3 is 0 Å². The van der Waals surface area contributed by atoms with Crippen LogP contribution >= 0.6 is 0 Å². The third kappa shape index (κ3) is 2.67. The highest BCUT2D eigenvalue weighted by Crippen LogP contribution is 2.25. The van der Waals surface area contributed by atoms with Gasteiger partial charge in [-0.1, -0.05) is 11.3 Å². The Bertz CT molecular complexity index is 1010. The molecular weight excluding hydrogens is 324 g/mol. The highest BCUT2D eigenvalue weighted by Gasteiger charge is 2.26.